The molecule has 1 aliphatic rings. The zero-order valence-corrected chi connectivity index (χ0v) is 13.9. The third-order valence-corrected chi connectivity index (χ3v) is 4.75. The molecule has 0 aliphatic heterocycles. The van der Waals surface area contributed by atoms with Crippen LogP contribution in [0.3, 0.4) is 0 Å². The molecule has 1 N–H and O–H groups in total. The average molecular weight is 333 g/mol. The Kier molecular flexibility index (Phi) is 3.70. The molecular formula is C19H15N3OS. The van der Waals surface area contributed by atoms with E-state index in [4.69, 9.17) is 0 Å². The van der Waals surface area contributed by atoms with Crippen molar-refractivity contribution < 1.29 is 4.79 Å². The fraction of sp³-hybridized carbons (Fsp3) is 0.105. The summed E-state index contributed by atoms with van der Waals surface area (Å²) in [6, 6.07) is 15.8. The number of anilines is 1. The molecule has 1 heterocycles. The molecule has 3 aromatic rings. The molecule has 0 atom stereocenters. The second-order valence-corrected chi connectivity index (χ2v) is 6.58. The third-order valence-electron chi connectivity index (χ3n) is 4.00. The van der Waals surface area contributed by atoms with Crippen LogP contribution in [0.4, 0.5) is 5.13 Å². The Morgan fingerprint density at radius 2 is 1.83 bits per heavy atom. The number of aromatic nitrogens is 1. The number of benzene rings is 2. The monoisotopic (exact) mass is 333 g/mol. The van der Waals surface area contributed by atoms with Crippen molar-refractivity contribution in [3.63, 3.8) is 0 Å². The zero-order chi connectivity index (χ0) is 16.5. The Morgan fingerprint density at radius 1 is 1.08 bits per heavy atom. The minimum atomic E-state index is 0.116. The summed E-state index contributed by atoms with van der Waals surface area (Å²) in [5.74, 6) is 0.116. The number of hydrogen-bond donors (Lipinski definition) is 1. The van der Waals surface area contributed by atoms with Crippen molar-refractivity contribution >= 4 is 28.0 Å². The lowest BCUT2D eigenvalue weighted by atomic mass is 10.1. The van der Waals surface area contributed by atoms with Gasteiger partial charge in [0.15, 0.2) is 5.78 Å². The maximum atomic E-state index is 12.0. The molecule has 0 spiro atoms. The molecule has 0 bridgehead atoms. The number of nitrogens with one attached hydrogen (secondary N) is 1. The number of Topliss-reactive ketones (excluding diaryl/α,β-unsaturated/α-hetero) is 1. The molecule has 5 heteroatoms. The Labute approximate surface area is 143 Å². The number of hydrogen-bond acceptors (Lipinski definition) is 5. The van der Waals surface area contributed by atoms with Crippen molar-refractivity contribution in [2.75, 3.05) is 5.43 Å². The number of aryl methyl sites for hydroxylation is 1. The van der Waals surface area contributed by atoms with Crippen LogP contribution in [0.15, 0.2) is 59.0 Å². The first kappa shape index (κ1) is 14.8. The van der Waals surface area contributed by atoms with Gasteiger partial charge >= 0.3 is 0 Å². The molecule has 4 rings (SSSR count). The van der Waals surface area contributed by atoms with Gasteiger partial charge in [0.05, 0.1) is 17.8 Å². The highest BCUT2D eigenvalue weighted by atomic mass is 32.1. The normalized spacial score (nSPS) is 14.9. The molecule has 0 saturated heterocycles. The van der Waals surface area contributed by atoms with E-state index in [1.165, 1.54) is 16.9 Å². The third kappa shape index (κ3) is 2.74. The second-order valence-electron chi connectivity index (χ2n) is 5.72. The summed E-state index contributed by atoms with van der Waals surface area (Å²) < 4.78 is 0. The summed E-state index contributed by atoms with van der Waals surface area (Å²) in [6.45, 7) is 2.06. The van der Waals surface area contributed by atoms with E-state index in [9.17, 15) is 4.79 Å². The van der Waals surface area contributed by atoms with Crippen molar-refractivity contribution in [1.82, 2.24) is 4.98 Å². The largest absolute Gasteiger partial charge is 0.294 e. The summed E-state index contributed by atoms with van der Waals surface area (Å²) in [6.07, 6.45) is 0.336. The van der Waals surface area contributed by atoms with Crippen molar-refractivity contribution in [1.29, 1.82) is 0 Å². The standard InChI is InChI=1S/C19H15N3OS/c1-12-6-8-13(9-7-12)17-11-24-19(20-17)22-21-16-10-18(23)15-5-3-2-4-14(15)16/h2-9,11H,10H2,1H3,(H,20,22)/b21-16-. The molecule has 1 aromatic heterocycles. The van der Waals surface area contributed by atoms with Gasteiger partial charge in [-0.05, 0) is 6.92 Å². The quantitative estimate of drug-likeness (QED) is 0.717. The van der Waals surface area contributed by atoms with Crippen molar-refractivity contribution in [3.05, 3.63) is 70.6 Å². The summed E-state index contributed by atoms with van der Waals surface area (Å²) in [5, 5.41) is 7.12. The molecule has 0 amide bonds. The molecule has 1 aliphatic carbocycles. The fourth-order valence-electron chi connectivity index (χ4n) is 2.72. The van der Waals surface area contributed by atoms with Gasteiger partial charge in [0.1, 0.15) is 0 Å². The van der Waals surface area contributed by atoms with Gasteiger partial charge in [-0.25, -0.2) is 4.98 Å². The molecule has 0 unspecified atom stereocenters. The van der Waals surface area contributed by atoms with Crippen LogP contribution in [0.5, 0.6) is 0 Å². The number of fused-ring (bicyclic) bond motifs is 1. The summed E-state index contributed by atoms with van der Waals surface area (Å²) >= 11 is 1.50. The Morgan fingerprint density at radius 3 is 2.62 bits per heavy atom. The lowest BCUT2D eigenvalue weighted by molar-refractivity contribution is 0.101. The van der Waals surface area contributed by atoms with Crippen molar-refractivity contribution in [3.8, 4) is 11.3 Å². The highest BCUT2D eigenvalue weighted by Gasteiger charge is 2.24. The average Bonchev–Trinajstić information content (AvgIpc) is 3.19. The number of rotatable bonds is 3. The number of ketones is 1. The molecule has 0 saturated carbocycles. The summed E-state index contributed by atoms with van der Waals surface area (Å²) in [4.78, 5) is 16.5. The van der Waals surface area contributed by atoms with Gasteiger partial charge in [-0.15, -0.1) is 11.3 Å². The van der Waals surface area contributed by atoms with Crippen LogP contribution in [-0.2, 0) is 0 Å². The van der Waals surface area contributed by atoms with Crippen molar-refractivity contribution in [2.24, 2.45) is 5.10 Å². The van der Waals surface area contributed by atoms with Crippen molar-refractivity contribution in [2.45, 2.75) is 13.3 Å². The summed E-state index contributed by atoms with van der Waals surface area (Å²) in [7, 11) is 0. The topological polar surface area (TPSA) is 54.4 Å². The van der Waals surface area contributed by atoms with E-state index in [1.54, 1.807) is 0 Å². The highest BCUT2D eigenvalue weighted by Crippen LogP contribution is 2.26. The van der Waals surface area contributed by atoms with Gasteiger partial charge in [-0.3, -0.25) is 10.2 Å². The number of nitrogens with zero attached hydrogens (tertiary/aromatic N) is 2. The van der Waals surface area contributed by atoms with E-state index in [-0.39, 0.29) is 5.78 Å². The van der Waals surface area contributed by atoms with Crippen LogP contribution in [0, 0.1) is 6.92 Å². The predicted octanol–water partition coefficient (Wildman–Crippen LogP) is 4.52. The smallest absolute Gasteiger partial charge is 0.203 e. The molecule has 2 aromatic carbocycles. The van der Waals surface area contributed by atoms with Crippen LogP contribution in [-0.4, -0.2) is 16.5 Å². The first-order valence-electron chi connectivity index (χ1n) is 7.68. The molecule has 0 fully saturated rings. The van der Waals surface area contributed by atoms with Gasteiger partial charge in [0, 0.05) is 22.1 Å². The molecule has 118 valence electrons. The van der Waals surface area contributed by atoms with Gasteiger partial charge < -0.3 is 0 Å². The van der Waals surface area contributed by atoms with Crippen LogP contribution >= 0.6 is 11.3 Å². The van der Waals surface area contributed by atoms with Gasteiger partial charge in [-0.2, -0.15) is 5.10 Å². The van der Waals surface area contributed by atoms with Crippen LogP contribution in [0.25, 0.3) is 11.3 Å². The Bertz CT molecular complexity index is 941. The van der Waals surface area contributed by atoms with E-state index in [0.717, 1.165) is 33.2 Å². The van der Waals surface area contributed by atoms with E-state index in [1.807, 2.05) is 29.6 Å². The van der Waals surface area contributed by atoms with Crippen LogP contribution in [0.2, 0.25) is 0 Å². The number of carbonyl (C=O) groups is 1. The van der Waals surface area contributed by atoms with Crippen LogP contribution in [0.1, 0.15) is 27.9 Å². The first-order chi connectivity index (χ1) is 11.7. The number of hydrazone groups is 1. The first-order valence-corrected chi connectivity index (χ1v) is 8.56. The van der Waals surface area contributed by atoms with E-state index in [2.05, 4.69) is 46.7 Å². The lowest BCUT2D eigenvalue weighted by Gasteiger charge is -2.00. The predicted molar refractivity (Wildman–Crippen MR) is 97.8 cm³/mol. The molecule has 0 radical (unpaired) electrons. The highest BCUT2D eigenvalue weighted by molar-refractivity contribution is 7.14. The zero-order valence-electron chi connectivity index (χ0n) is 13.1. The second kappa shape index (κ2) is 6.02. The van der Waals surface area contributed by atoms with E-state index < -0.39 is 0 Å². The van der Waals surface area contributed by atoms with Crippen LogP contribution < -0.4 is 5.43 Å². The van der Waals surface area contributed by atoms with E-state index >= 15 is 0 Å². The molecular weight excluding hydrogens is 318 g/mol. The SMILES string of the molecule is Cc1ccc(-c2csc(N/N=C3/CC(=O)c4ccccc43)n2)cc1. The Balaban J connectivity index is 1.55. The van der Waals surface area contributed by atoms with Gasteiger partial charge in [0.25, 0.3) is 0 Å². The fourth-order valence-corrected chi connectivity index (χ4v) is 3.38. The summed E-state index contributed by atoms with van der Waals surface area (Å²) in [5.41, 5.74) is 8.64. The lowest BCUT2D eigenvalue weighted by Crippen LogP contribution is -2.00. The van der Waals surface area contributed by atoms with Gasteiger partial charge in [-0.1, -0.05) is 54.1 Å². The number of thiazole rings is 1. The Hall–Kier alpha value is -2.79. The maximum absolute atomic E-state index is 12.0. The minimum Gasteiger partial charge on any atom is -0.294 e. The van der Waals surface area contributed by atoms with Gasteiger partial charge in [0.2, 0.25) is 5.13 Å². The minimum absolute atomic E-state index is 0.116. The molecule has 24 heavy (non-hydrogen) atoms. The number of carbonyl (C=O) groups excluding carboxylic acids is 1. The van der Waals surface area contributed by atoms with E-state index in [0.29, 0.717) is 6.42 Å². The maximum Gasteiger partial charge on any atom is 0.203 e. The molecule has 4 nitrogen and oxygen atoms in total.